The van der Waals surface area contributed by atoms with Gasteiger partial charge in [-0.3, -0.25) is 14.5 Å². The van der Waals surface area contributed by atoms with E-state index >= 15 is 0 Å². The van der Waals surface area contributed by atoms with Gasteiger partial charge >= 0.3 is 5.97 Å². The van der Waals surface area contributed by atoms with Crippen molar-refractivity contribution in [2.75, 3.05) is 11.5 Å². The molecule has 2 atom stereocenters. The van der Waals surface area contributed by atoms with E-state index in [9.17, 15) is 24.3 Å². The summed E-state index contributed by atoms with van der Waals surface area (Å²) in [6, 6.07) is 7.65. The third kappa shape index (κ3) is 7.89. The molecule has 3 N–H and O–H groups in total. The highest BCUT2D eigenvalue weighted by molar-refractivity contribution is 8.00. The molecule has 52 heavy (non-hydrogen) atoms. The van der Waals surface area contributed by atoms with E-state index in [0.29, 0.717) is 29.2 Å². The summed E-state index contributed by atoms with van der Waals surface area (Å²) in [5, 5.41) is 19.9. The van der Waals surface area contributed by atoms with E-state index in [1.54, 1.807) is 52.8 Å². The van der Waals surface area contributed by atoms with Crippen LogP contribution < -0.4 is 30.2 Å². The van der Waals surface area contributed by atoms with Crippen LogP contribution in [0.25, 0.3) is 0 Å². The van der Waals surface area contributed by atoms with Crippen LogP contribution in [-0.4, -0.2) is 67.9 Å². The number of nitrogen functional groups attached to an aromatic ring is 1. The number of benzene rings is 1. The number of aliphatic carboxylic acids is 1. The number of aromatic nitrogens is 2. The van der Waals surface area contributed by atoms with E-state index in [0.717, 1.165) is 16.2 Å². The lowest BCUT2D eigenvalue weighted by molar-refractivity contribution is -0.687. The monoisotopic (exact) mass is 748 g/mol. The molecule has 5 heterocycles. The van der Waals surface area contributed by atoms with Gasteiger partial charge in [0.05, 0.1) is 17.2 Å². The molecule has 6 rings (SSSR count). The summed E-state index contributed by atoms with van der Waals surface area (Å²) in [5.41, 5.74) is 5.51. The second-order valence-electron chi connectivity index (χ2n) is 13.3. The maximum Gasteiger partial charge on any atom is 0.339 e. The van der Waals surface area contributed by atoms with Crippen molar-refractivity contribution in [3.8, 4) is 11.5 Å². The third-order valence-electron chi connectivity index (χ3n) is 7.75. The number of pyridine rings is 1. The van der Waals surface area contributed by atoms with Gasteiger partial charge in [-0.1, -0.05) is 17.3 Å². The molecule has 1 aromatic carbocycles. The predicted octanol–water partition coefficient (Wildman–Crippen LogP) is 2.06. The van der Waals surface area contributed by atoms with Crippen LogP contribution in [0, 0.1) is 0 Å². The number of rotatable bonds is 11. The highest BCUT2D eigenvalue weighted by Gasteiger charge is 2.53. The van der Waals surface area contributed by atoms with Crippen molar-refractivity contribution in [1.82, 2.24) is 15.2 Å². The van der Waals surface area contributed by atoms with Crippen molar-refractivity contribution in [3.63, 3.8) is 0 Å². The number of allylic oxidation sites excluding steroid dienone is 2. The minimum Gasteiger partial charge on any atom is -0.543 e. The number of thiazole rings is 1. The Bertz CT molecular complexity index is 2020. The van der Waals surface area contributed by atoms with Crippen molar-refractivity contribution in [2.45, 2.75) is 70.6 Å². The number of hydrogen-bond acceptors (Lipinski definition) is 14. The van der Waals surface area contributed by atoms with Gasteiger partial charge in [0.15, 0.2) is 41.3 Å². The largest absolute Gasteiger partial charge is 0.543 e. The lowest BCUT2D eigenvalue weighted by Gasteiger charge is -2.50. The molecule has 0 spiro atoms. The van der Waals surface area contributed by atoms with E-state index in [4.69, 9.17) is 24.8 Å². The molecule has 0 saturated carbocycles. The Kier molecular flexibility index (Phi) is 10.0. The van der Waals surface area contributed by atoms with Gasteiger partial charge in [-0.2, -0.15) is 0 Å². The van der Waals surface area contributed by atoms with Crippen molar-refractivity contribution >= 4 is 57.7 Å². The van der Waals surface area contributed by atoms with Crippen LogP contribution >= 0.6 is 23.1 Å². The van der Waals surface area contributed by atoms with Crippen LogP contribution in [-0.2, 0) is 37.1 Å². The van der Waals surface area contributed by atoms with E-state index in [2.05, 4.69) is 15.5 Å². The molecule has 15 nitrogen and oxygen atoms in total. The molecule has 3 aliphatic heterocycles. The number of nitrogens with two attached hydrogens (primary N) is 1. The molecule has 0 bridgehead atoms. The number of carbonyl (C=O) groups is 4. The molecule has 3 aromatic rings. The molecule has 3 aliphatic rings. The zero-order valence-electron chi connectivity index (χ0n) is 28.9. The minimum absolute atomic E-state index is 0.0822. The van der Waals surface area contributed by atoms with Crippen LogP contribution in [0.4, 0.5) is 5.13 Å². The Hall–Kier alpha value is -5.42. The molecule has 2 amide bonds. The first-order valence-corrected chi connectivity index (χ1v) is 18.0. The summed E-state index contributed by atoms with van der Waals surface area (Å²) in [4.78, 5) is 63.4. The molecule has 0 aliphatic carbocycles. The fraction of sp³-hybridized carbons (Fsp3) is 0.343. The number of hydrogen-bond donors (Lipinski definition) is 2. The summed E-state index contributed by atoms with van der Waals surface area (Å²) in [6.45, 7) is 8.86. The number of carbonyl (C=O) groups excluding carboxylic acids is 4. The van der Waals surface area contributed by atoms with Crippen LogP contribution in [0.1, 0.15) is 56.2 Å². The summed E-state index contributed by atoms with van der Waals surface area (Å²) in [5.74, 6) is -3.55. The number of carboxylic acid groups (broad SMARTS) is 1. The molecule has 0 radical (unpaired) electrons. The topological polar surface area (TPSA) is 199 Å². The van der Waals surface area contributed by atoms with Crippen molar-refractivity contribution in [2.24, 2.45) is 5.16 Å². The number of carboxylic acids is 1. The summed E-state index contributed by atoms with van der Waals surface area (Å²) in [6.07, 6.45) is 7.21. The lowest BCUT2D eigenvalue weighted by Crippen LogP contribution is -2.71. The first kappa shape index (κ1) is 36.4. The van der Waals surface area contributed by atoms with Gasteiger partial charge in [0, 0.05) is 42.7 Å². The number of oxime groups is 1. The fourth-order valence-electron chi connectivity index (χ4n) is 5.56. The number of fused-ring (bicyclic) bond motifs is 2. The number of nitrogens with zero attached hydrogens (tertiary/aromatic N) is 4. The SMILES string of the molecule is CC(C)(C)OC(=O)c1cc2c(cc1CO/N=C(\C(=O)NC1C(=O)N3C(C(=O)[O-])=C(/C=C/C[n+]4ccccc4)CS[C@H]13)c1csc(N)n1)OC(C)(C)O2. The third-order valence-corrected chi connectivity index (χ3v) is 9.72. The first-order valence-electron chi connectivity index (χ1n) is 16.1. The molecule has 272 valence electrons. The van der Waals surface area contributed by atoms with Crippen LogP contribution in [0.3, 0.4) is 0 Å². The van der Waals surface area contributed by atoms with Gasteiger partial charge in [0.1, 0.15) is 29.3 Å². The van der Waals surface area contributed by atoms with Crippen LogP contribution in [0.5, 0.6) is 11.5 Å². The average Bonchev–Trinajstić information content (AvgIpc) is 3.64. The molecule has 1 unspecified atom stereocenters. The summed E-state index contributed by atoms with van der Waals surface area (Å²) in [7, 11) is 0. The Balaban J connectivity index is 1.20. The highest BCUT2D eigenvalue weighted by atomic mass is 32.2. The van der Waals surface area contributed by atoms with Gasteiger partial charge in [-0.25, -0.2) is 14.3 Å². The number of esters is 1. The van der Waals surface area contributed by atoms with Gasteiger partial charge < -0.3 is 40.0 Å². The zero-order valence-corrected chi connectivity index (χ0v) is 30.5. The second kappa shape index (κ2) is 14.3. The van der Waals surface area contributed by atoms with Crippen molar-refractivity contribution in [1.29, 1.82) is 0 Å². The molecule has 17 heteroatoms. The maximum atomic E-state index is 13.7. The smallest absolute Gasteiger partial charge is 0.339 e. The number of β-lactam (4-membered cyclic amide) rings is 1. The Morgan fingerprint density at radius 1 is 1.19 bits per heavy atom. The van der Waals surface area contributed by atoms with Crippen LogP contribution in [0.2, 0.25) is 0 Å². The molecular weight excluding hydrogens is 713 g/mol. The summed E-state index contributed by atoms with van der Waals surface area (Å²) < 4.78 is 19.2. The summed E-state index contributed by atoms with van der Waals surface area (Å²) >= 11 is 2.36. The zero-order chi connectivity index (χ0) is 37.4. The number of ether oxygens (including phenoxy) is 3. The Labute approximate surface area is 307 Å². The Morgan fingerprint density at radius 3 is 2.56 bits per heavy atom. The number of anilines is 1. The van der Waals surface area contributed by atoms with E-state index in [1.165, 1.54) is 23.2 Å². The average molecular weight is 749 g/mol. The number of amides is 2. The quantitative estimate of drug-likeness (QED) is 0.0953. The molecular formula is C35H36N6O9S2. The van der Waals surface area contributed by atoms with Gasteiger partial charge in [0.2, 0.25) is 5.79 Å². The lowest BCUT2D eigenvalue weighted by atomic mass is 10.0. The molecule has 2 aromatic heterocycles. The van der Waals surface area contributed by atoms with Crippen LogP contribution in [0.15, 0.2) is 76.7 Å². The van der Waals surface area contributed by atoms with Gasteiger partial charge in [0.25, 0.3) is 11.8 Å². The van der Waals surface area contributed by atoms with Crippen molar-refractivity contribution in [3.05, 3.63) is 88.3 Å². The standard InChI is InChI=1S/C35H36N6O9S2/c1-34(2,3)50-32(46)21-15-24-23(48-35(4,5)49-24)14-20(21)16-47-39-25(22-18-52-33(36)37-22)28(42)38-26-29(43)41-27(31(44)45)19(17-51-30(26)41)10-9-13-40-11-7-6-8-12-40/h6-12,14-15,18,26,30H,13,16-17H2,1-5H3,(H3-,36,37,38,42,44,45)/b10-9+,39-25-/t26?,30-/m1/s1. The number of nitrogens with one attached hydrogen (secondary N) is 1. The maximum absolute atomic E-state index is 13.7. The van der Waals surface area contributed by atoms with E-state index in [1.807, 2.05) is 35.2 Å². The highest BCUT2D eigenvalue weighted by Crippen LogP contribution is 2.42. The van der Waals surface area contributed by atoms with Crippen molar-refractivity contribution < 1.29 is 47.9 Å². The molecule has 1 fully saturated rings. The van der Waals surface area contributed by atoms with Gasteiger partial charge in [-0.05, 0) is 44.6 Å². The van der Waals surface area contributed by atoms with Gasteiger partial charge in [-0.15, -0.1) is 23.1 Å². The fourth-order valence-corrected chi connectivity index (χ4v) is 7.43. The number of thioether (sulfide) groups is 1. The van der Waals surface area contributed by atoms with E-state index < -0.39 is 46.6 Å². The first-order chi connectivity index (χ1) is 24.6. The molecule has 1 saturated heterocycles. The minimum atomic E-state index is -1.50. The predicted molar refractivity (Wildman–Crippen MR) is 188 cm³/mol. The second-order valence-corrected chi connectivity index (χ2v) is 15.3. The van der Waals surface area contributed by atoms with E-state index in [-0.39, 0.29) is 40.2 Å². The normalized spacial score (nSPS) is 19.3. The Morgan fingerprint density at radius 2 is 1.90 bits per heavy atom.